The number of H-pyrrole nitrogens is 1. The normalized spacial score (nSPS) is 19.8. The molecule has 3 aromatic rings. The summed E-state index contributed by atoms with van der Waals surface area (Å²) in [5.74, 6) is 1.79. The third-order valence-corrected chi connectivity index (χ3v) is 6.92. The Balaban J connectivity index is 1.37. The third-order valence-electron chi connectivity index (χ3n) is 6.92. The number of amides is 1. The number of rotatable bonds is 8. The highest BCUT2D eigenvalue weighted by Crippen LogP contribution is 2.33. The van der Waals surface area contributed by atoms with E-state index < -0.39 is 0 Å². The van der Waals surface area contributed by atoms with Crippen molar-refractivity contribution in [2.75, 3.05) is 38.8 Å². The maximum Gasteiger partial charge on any atom is 0.242 e. The molecule has 2 aromatic carbocycles. The van der Waals surface area contributed by atoms with Gasteiger partial charge >= 0.3 is 0 Å². The maximum absolute atomic E-state index is 13.6. The Bertz CT molecular complexity index is 1160. The van der Waals surface area contributed by atoms with Crippen molar-refractivity contribution in [2.45, 2.75) is 32.4 Å². The number of fused-ring (bicyclic) bond motifs is 1. The van der Waals surface area contributed by atoms with E-state index in [0.717, 1.165) is 48.6 Å². The number of hydrogen-bond acceptors (Lipinski definition) is 6. The van der Waals surface area contributed by atoms with Crippen molar-refractivity contribution in [3.05, 3.63) is 59.9 Å². The van der Waals surface area contributed by atoms with Crippen LogP contribution in [0.4, 0.5) is 5.69 Å². The number of methoxy groups -OCH3 is 1. The lowest BCUT2D eigenvalue weighted by Crippen LogP contribution is -2.47. The van der Waals surface area contributed by atoms with Gasteiger partial charge in [0.1, 0.15) is 11.5 Å². The van der Waals surface area contributed by atoms with E-state index in [0.29, 0.717) is 37.0 Å². The van der Waals surface area contributed by atoms with Crippen LogP contribution in [0.15, 0.2) is 48.8 Å². The van der Waals surface area contributed by atoms with Crippen molar-refractivity contribution >= 4 is 11.6 Å². The van der Waals surface area contributed by atoms with Crippen molar-refractivity contribution in [1.29, 1.82) is 0 Å². The Morgan fingerprint density at radius 3 is 2.89 bits per heavy atom. The van der Waals surface area contributed by atoms with Crippen LogP contribution >= 0.6 is 0 Å². The molecule has 0 saturated carbocycles. The summed E-state index contributed by atoms with van der Waals surface area (Å²) in [5.41, 5.74) is 5.01. The largest absolute Gasteiger partial charge is 0.497 e. The van der Waals surface area contributed by atoms with Gasteiger partial charge in [0.2, 0.25) is 5.91 Å². The topological polar surface area (TPSA) is 88.7 Å². The first kappa shape index (κ1) is 23.4. The summed E-state index contributed by atoms with van der Waals surface area (Å²) in [5, 5.41) is 10.1. The van der Waals surface area contributed by atoms with Crippen molar-refractivity contribution in [2.24, 2.45) is 5.92 Å². The maximum atomic E-state index is 13.6. The van der Waals surface area contributed by atoms with Crippen LogP contribution in [-0.4, -0.2) is 60.5 Å². The van der Waals surface area contributed by atoms with E-state index >= 15 is 0 Å². The molecule has 1 unspecified atom stereocenters. The Labute approximate surface area is 205 Å². The Morgan fingerprint density at radius 1 is 1.23 bits per heavy atom. The van der Waals surface area contributed by atoms with Gasteiger partial charge in [-0.15, -0.1) is 0 Å². The minimum absolute atomic E-state index is 0.0366. The summed E-state index contributed by atoms with van der Waals surface area (Å²) < 4.78 is 17.1. The van der Waals surface area contributed by atoms with E-state index in [1.807, 2.05) is 36.5 Å². The zero-order valence-corrected chi connectivity index (χ0v) is 20.3. The first-order valence-corrected chi connectivity index (χ1v) is 12.2. The van der Waals surface area contributed by atoms with Crippen molar-refractivity contribution < 1.29 is 19.0 Å². The van der Waals surface area contributed by atoms with E-state index in [9.17, 15) is 4.79 Å². The van der Waals surface area contributed by atoms with Gasteiger partial charge in [-0.2, -0.15) is 5.10 Å². The average molecular weight is 477 g/mol. The molecular weight excluding hydrogens is 444 g/mol. The molecule has 8 heteroatoms. The molecule has 1 fully saturated rings. The highest BCUT2D eigenvalue weighted by atomic mass is 16.5. The van der Waals surface area contributed by atoms with Gasteiger partial charge in [-0.3, -0.25) is 14.8 Å². The van der Waals surface area contributed by atoms with Gasteiger partial charge in [0.25, 0.3) is 0 Å². The number of nitrogens with zero attached hydrogens (tertiary/aromatic N) is 2. The number of ether oxygens (including phenoxy) is 3. The molecule has 1 saturated heterocycles. The number of carbonyl (C=O) groups excluding carboxylic acids is 1. The van der Waals surface area contributed by atoms with Gasteiger partial charge in [0, 0.05) is 30.8 Å². The molecule has 184 valence electrons. The number of nitrogens with one attached hydrogen (secondary N) is 2. The molecule has 3 heterocycles. The Hall–Kier alpha value is -3.36. The second-order valence-electron chi connectivity index (χ2n) is 9.15. The van der Waals surface area contributed by atoms with Crippen LogP contribution in [0.25, 0.3) is 11.1 Å². The molecule has 8 nitrogen and oxygen atoms in total. The molecule has 0 radical (unpaired) electrons. The average Bonchev–Trinajstić information content (AvgIpc) is 3.61. The molecule has 1 aromatic heterocycles. The number of aromatic amines is 1. The molecule has 0 bridgehead atoms. The first-order valence-electron chi connectivity index (χ1n) is 12.2. The minimum Gasteiger partial charge on any atom is -0.497 e. The van der Waals surface area contributed by atoms with Crippen LogP contribution in [0.3, 0.4) is 0 Å². The second kappa shape index (κ2) is 10.5. The summed E-state index contributed by atoms with van der Waals surface area (Å²) in [6.45, 7) is 5.64. The number of aromatic nitrogens is 2. The van der Waals surface area contributed by atoms with Crippen LogP contribution in [0.5, 0.6) is 11.5 Å². The second-order valence-corrected chi connectivity index (χ2v) is 9.15. The third kappa shape index (κ3) is 5.18. The van der Waals surface area contributed by atoms with E-state index in [1.54, 1.807) is 13.3 Å². The molecule has 5 rings (SSSR count). The van der Waals surface area contributed by atoms with Gasteiger partial charge in [-0.05, 0) is 60.3 Å². The standard InChI is InChI=1S/C27H32N4O4/c1-3-31-15-20-4-6-23(33-2)10-21(20)11-25(31)27(32)30-24-7-5-19(22-13-28-29-14-22)12-26(24)35-17-18-8-9-34-16-18/h4-7,10,12-14,18,25H,3,8-9,11,15-17H2,1-2H3,(H,28,29)(H,30,32)/t18?,25-/m1/s1. The first-order chi connectivity index (χ1) is 17.1. The predicted octanol–water partition coefficient (Wildman–Crippen LogP) is 3.89. The SMILES string of the molecule is CCN1Cc2ccc(OC)cc2C[C@@H]1C(=O)Nc1ccc(-c2cn[nH]c2)cc1OCC1CCOC1. The van der Waals surface area contributed by atoms with Gasteiger partial charge in [-0.25, -0.2) is 0 Å². The van der Waals surface area contributed by atoms with Crippen molar-refractivity contribution in [1.82, 2.24) is 15.1 Å². The predicted molar refractivity (Wildman–Crippen MR) is 134 cm³/mol. The van der Waals surface area contributed by atoms with E-state index in [2.05, 4.69) is 33.4 Å². The fourth-order valence-corrected chi connectivity index (χ4v) is 4.80. The number of anilines is 1. The summed E-state index contributed by atoms with van der Waals surface area (Å²) in [4.78, 5) is 15.8. The molecule has 0 aliphatic carbocycles. The van der Waals surface area contributed by atoms with E-state index in [4.69, 9.17) is 14.2 Å². The monoisotopic (exact) mass is 476 g/mol. The quantitative estimate of drug-likeness (QED) is 0.513. The lowest BCUT2D eigenvalue weighted by atomic mass is 9.93. The van der Waals surface area contributed by atoms with Gasteiger partial charge < -0.3 is 19.5 Å². The summed E-state index contributed by atoms with van der Waals surface area (Å²) >= 11 is 0. The summed E-state index contributed by atoms with van der Waals surface area (Å²) in [7, 11) is 1.67. The number of hydrogen-bond donors (Lipinski definition) is 2. The van der Waals surface area contributed by atoms with Crippen molar-refractivity contribution in [3.63, 3.8) is 0 Å². The van der Waals surface area contributed by atoms with Crippen LogP contribution in [0.1, 0.15) is 24.5 Å². The molecule has 2 aliphatic rings. The van der Waals surface area contributed by atoms with Crippen LogP contribution in [0.2, 0.25) is 0 Å². The number of carbonyl (C=O) groups is 1. The highest BCUT2D eigenvalue weighted by Gasteiger charge is 2.31. The fourth-order valence-electron chi connectivity index (χ4n) is 4.80. The van der Waals surface area contributed by atoms with E-state index in [-0.39, 0.29) is 11.9 Å². The zero-order valence-electron chi connectivity index (χ0n) is 20.3. The fraction of sp³-hybridized carbons (Fsp3) is 0.407. The molecule has 2 N–H and O–H groups in total. The smallest absolute Gasteiger partial charge is 0.242 e. The molecule has 2 atom stereocenters. The van der Waals surface area contributed by atoms with Gasteiger partial charge in [0.05, 0.1) is 38.2 Å². The molecular formula is C27H32N4O4. The minimum atomic E-state index is -0.274. The van der Waals surface area contributed by atoms with E-state index in [1.165, 1.54) is 5.56 Å². The zero-order chi connectivity index (χ0) is 24.2. The molecule has 2 aliphatic heterocycles. The summed E-state index contributed by atoms with van der Waals surface area (Å²) in [6.07, 6.45) is 5.23. The van der Waals surface area contributed by atoms with Crippen molar-refractivity contribution in [3.8, 4) is 22.6 Å². The lowest BCUT2D eigenvalue weighted by molar-refractivity contribution is -0.121. The number of likely N-dealkylation sites (N-methyl/N-ethyl adjacent to an activating group) is 1. The van der Waals surface area contributed by atoms with Gasteiger partial charge in [0.15, 0.2) is 0 Å². The highest BCUT2D eigenvalue weighted by molar-refractivity contribution is 5.97. The molecule has 35 heavy (non-hydrogen) atoms. The van der Waals surface area contributed by atoms with Gasteiger partial charge in [-0.1, -0.05) is 19.1 Å². The number of benzene rings is 2. The molecule has 1 amide bonds. The molecule has 0 spiro atoms. The van der Waals surface area contributed by atoms with Crippen LogP contribution in [0, 0.1) is 5.92 Å². The van der Waals surface area contributed by atoms with Crippen LogP contribution < -0.4 is 14.8 Å². The Morgan fingerprint density at radius 2 is 2.14 bits per heavy atom. The lowest BCUT2D eigenvalue weighted by Gasteiger charge is -2.35. The Kier molecular flexibility index (Phi) is 7.01. The van der Waals surface area contributed by atoms with Crippen LogP contribution in [-0.2, 0) is 22.5 Å². The summed E-state index contributed by atoms with van der Waals surface area (Å²) in [6, 6.07) is 11.7.